The summed E-state index contributed by atoms with van der Waals surface area (Å²) >= 11 is 0. The number of methoxy groups -OCH3 is 1. The van der Waals surface area contributed by atoms with E-state index in [1.165, 1.54) is 19.2 Å². The van der Waals surface area contributed by atoms with E-state index in [0.29, 0.717) is 48.5 Å². The Morgan fingerprint density at radius 3 is 2.75 bits per heavy atom. The monoisotopic (exact) mass is 542 g/mol. The largest absolute Gasteiger partial charge is 0.496 e. The number of halogens is 1. The fraction of sp³-hybridized carbons (Fsp3) is 0.355. The topological polar surface area (TPSA) is 101 Å². The van der Waals surface area contributed by atoms with Gasteiger partial charge < -0.3 is 20.3 Å². The lowest BCUT2D eigenvalue weighted by Crippen LogP contribution is -2.50. The molecule has 2 atom stereocenters. The number of carbonyl (C=O) groups excluding carboxylic acids is 3. The number of nitrogens with zero attached hydrogens (tertiary/aromatic N) is 2. The molecular weight excluding hydrogens is 511 g/mol. The first-order valence-corrected chi connectivity index (χ1v) is 13.4. The van der Waals surface area contributed by atoms with Gasteiger partial charge in [-0.15, -0.1) is 0 Å². The van der Waals surface area contributed by atoms with E-state index in [0.717, 1.165) is 16.7 Å². The van der Waals surface area contributed by atoms with Crippen molar-refractivity contribution >= 4 is 29.2 Å². The minimum atomic E-state index is -0.693. The van der Waals surface area contributed by atoms with Gasteiger partial charge in [0.1, 0.15) is 23.9 Å². The van der Waals surface area contributed by atoms with E-state index in [9.17, 15) is 18.8 Å². The second-order valence-electron chi connectivity index (χ2n) is 11.6. The van der Waals surface area contributed by atoms with Crippen molar-refractivity contribution in [2.75, 3.05) is 24.3 Å². The fourth-order valence-electron chi connectivity index (χ4n) is 6.46. The molecule has 6 rings (SSSR count). The van der Waals surface area contributed by atoms with Gasteiger partial charge in [0.25, 0.3) is 0 Å². The molecule has 1 spiro atoms. The molecule has 0 unspecified atom stereocenters. The quantitative estimate of drug-likeness (QED) is 0.493. The lowest BCUT2D eigenvalue weighted by molar-refractivity contribution is -0.150. The number of ether oxygens (including phenoxy) is 1. The van der Waals surface area contributed by atoms with Crippen molar-refractivity contribution in [2.45, 2.75) is 51.0 Å². The van der Waals surface area contributed by atoms with Crippen molar-refractivity contribution in [3.63, 3.8) is 0 Å². The number of rotatable bonds is 5. The van der Waals surface area contributed by atoms with Crippen LogP contribution in [0.15, 0.2) is 54.7 Å². The zero-order valence-corrected chi connectivity index (χ0v) is 22.7. The Labute approximate surface area is 231 Å². The van der Waals surface area contributed by atoms with Gasteiger partial charge in [0.15, 0.2) is 0 Å². The van der Waals surface area contributed by atoms with Crippen LogP contribution in [0.25, 0.3) is 0 Å². The number of amides is 3. The molecule has 3 aromatic rings. The van der Waals surface area contributed by atoms with Crippen LogP contribution in [0.3, 0.4) is 0 Å². The average Bonchev–Trinajstić information content (AvgIpc) is 3.44. The average molecular weight is 543 g/mol. The molecular formula is C31H31FN4O4. The number of anilines is 2. The Morgan fingerprint density at radius 1 is 1.15 bits per heavy atom. The number of pyridine rings is 1. The second-order valence-corrected chi connectivity index (χ2v) is 11.6. The third-order valence-corrected chi connectivity index (χ3v) is 8.59. The summed E-state index contributed by atoms with van der Waals surface area (Å²) in [6.07, 6.45) is 4.00. The lowest BCUT2D eigenvalue weighted by Gasteiger charge is -2.43. The predicted molar refractivity (Wildman–Crippen MR) is 147 cm³/mol. The van der Waals surface area contributed by atoms with Crippen molar-refractivity contribution in [2.24, 2.45) is 5.41 Å². The summed E-state index contributed by atoms with van der Waals surface area (Å²) < 4.78 is 19.3. The third kappa shape index (κ3) is 4.20. The second kappa shape index (κ2) is 9.43. The number of fused-ring (bicyclic) bond motifs is 3. The zero-order chi connectivity index (χ0) is 28.2. The minimum absolute atomic E-state index is 0.0588. The predicted octanol–water partition coefficient (Wildman–Crippen LogP) is 4.55. The molecule has 3 heterocycles. The van der Waals surface area contributed by atoms with E-state index < -0.39 is 22.7 Å². The number of likely N-dealkylation sites (tertiary alicyclic amines) is 1. The summed E-state index contributed by atoms with van der Waals surface area (Å²) in [6, 6.07) is 13.3. The van der Waals surface area contributed by atoms with Gasteiger partial charge in [0.2, 0.25) is 17.7 Å². The minimum Gasteiger partial charge on any atom is -0.496 e. The normalized spacial score (nSPS) is 22.6. The summed E-state index contributed by atoms with van der Waals surface area (Å²) in [6.45, 7) is 3.60. The highest BCUT2D eigenvalue weighted by molar-refractivity contribution is 6.06. The fourth-order valence-corrected chi connectivity index (χ4v) is 6.46. The Morgan fingerprint density at radius 2 is 1.95 bits per heavy atom. The highest BCUT2D eigenvalue weighted by Gasteiger charge is 2.51. The first-order chi connectivity index (χ1) is 19.1. The summed E-state index contributed by atoms with van der Waals surface area (Å²) in [5.41, 5.74) is 2.91. The van der Waals surface area contributed by atoms with E-state index in [2.05, 4.69) is 15.6 Å². The molecule has 1 saturated heterocycles. The van der Waals surface area contributed by atoms with Crippen LogP contribution in [0.1, 0.15) is 55.0 Å². The molecule has 3 amide bonds. The molecule has 0 bridgehead atoms. The molecule has 0 radical (unpaired) electrons. The molecule has 206 valence electrons. The number of piperidine rings is 1. The zero-order valence-electron chi connectivity index (χ0n) is 22.7. The molecule has 2 aliphatic heterocycles. The van der Waals surface area contributed by atoms with E-state index >= 15 is 0 Å². The van der Waals surface area contributed by atoms with Crippen molar-refractivity contribution in [3.05, 3.63) is 82.8 Å². The van der Waals surface area contributed by atoms with Gasteiger partial charge in [0, 0.05) is 34.5 Å². The summed E-state index contributed by atoms with van der Waals surface area (Å²) in [4.78, 5) is 45.7. The number of hydrogen-bond acceptors (Lipinski definition) is 5. The Balaban J connectivity index is 1.22. The van der Waals surface area contributed by atoms with Gasteiger partial charge in [0.05, 0.1) is 18.6 Å². The van der Waals surface area contributed by atoms with E-state index in [1.807, 2.05) is 44.2 Å². The number of hydrogen-bond donors (Lipinski definition) is 2. The van der Waals surface area contributed by atoms with Crippen molar-refractivity contribution in [1.82, 2.24) is 9.88 Å². The van der Waals surface area contributed by atoms with Crippen LogP contribution in [-0.4, -0.2) is 41.3 Å². The van der Waals surface area contributed by atoms with E-state index in [1.54, 1.807) is 17.2 Å². The van der Waals surface area contributed by atoms with E-state index in [4.69, 9.17) is 4.74 Å². The molecule has 2 N–H and O–H groups in total. The standard InChI is InChI=1S/C31H31FN4O4/c1-30(2)11-10-24(22-9-7-20(32)14-25(22)40-3)36(29(30)39)17-26(37)34-21-8-6-18-15-31(16-19(18)13-21)23-5-4-12-33-27(23)35-28(31)38/h4-9,12-14,24H,10-11,15-17H2,1-3H3,(H,34,37)(H,33,35,38)/t24-,31-/m1/s1. The molecule has 1 aromatic heterocycles. The van der Waals surface area contributed by atoms with E-state index in [-0.39, 0.29) is 24.3 Å². The van der Waals surface area contributed by atoms with Gasteiger partial charge in [-0.1, -0.05) is 32.0 Å². The van der Waals surface area contributed by atoms with Crippen LogP contribution >= 0.6 is 0 Å². The Hall–Kier alpha value is -4.27. The third-order valence-electron chi connectivity index (χ3n) is 8.59. The van der Waals surface area contributed by atoms with Gasteiger partial charge in [-0.05, 0) is 61.1 Å². The summed E-state index contributed by atoms with van der Waals surface area (Å²) in [5.74, 6) is -0.00539. The first kappa shape index (κ1) is 26.0. The number of carbonyl (C=O) groups is 3. The molecule has 3 aliphatic rings. The molecule has 2 aromatic carbocycles. The van der Waals surface area contributed by atoms with Crippen molar-refractivity contribution in [3.8, 4) is 5.75 Å². The molecule has 1 fully saturated rings. The Bertz CT molecular complexity index is 1550. The van der Waals surface area contributed by atoms with Gasteiger partial charge in [-0.2, -0.15) is 0 Å². The SMILES string of the molecule is COc1cc(F)ccc1[C@H]1CCC(C)(C)C(=O)N1CC(=O)Nc1ccc2c(c1)C[C@@]1(C2)C(=O)Nc2ncccc21. The van der Waals surface area contributed by atoms with Crippen molar-refractivity contribution < 1.29 is 23.5 Å². The molecule has 40 heavy (non-hydrogen) atoms. The maximum atomic E-state index is 13.9. The smallest absolute Gasteiger partial charge is 0.244 e. The molecule has 0 saturated carbocycles. The molecule has 9 heteroatoms. The summed E-state index contributed by atoms with van der Waals surface area (Å²) in [5, 5.41) is 5.86. The lowest BCUT2D eigenvalue weighted by atomic mass is 9.78. The van der Waals surface area contributed by atoms with Crippen LogP contribution < -0.4 is 15.4 Å². The van der Waals surface area contributed by atoms with Crippen molar-refractivity contribution in [1.29, 1.82) is 0 Å². The molecule has 1 aliphatic carbocycles. The maximum absolute atomic E-state index is 13.9. The van der Waals surface area contributed by atoms with Crippen LogP contribution in [-0.2, 0) is 32.6 Å². The van der Waals surface area contributed by atoms with Crippen LogP contribution in [0.4, 0.5) is 15.9 Å². The Kier molecular flexibility index (Phi) is 6.12. The van der Waals surface area contributed by atoms with Gasteiger partial charge in [-0.25, -0.2) is 9.37 Å². The van der Waals surface area contributed by atoms with Crippen LogP contribution in [0, 0.1) is 11.2 Å². The van der Waals surface area contributed by atoms with Crippen LogP contribution in [0.5, 0.6) is 5.75 Å². The highest BCUT2D eigenvalue weighted by atomic mass is 19.1. The first-order valence-electron chi connectivity index (χ1n) is 13.4. The van der Waals surface area contributed by atoms with Gasteiger partial charge in [-0.3, -0.25) is 14.4 Å². The summed E-state index contributed by atoms with van der Waals surface area (Å²) in [7, 11) is 1.46. The maximum Gasteiger partial charge on any atom is 0.244 e. The number of benzene rings is 2. The van der Waals surface area contributed by atoms with Gasteiger partial charge >= 0.3 is 0 Å². The highest BCUT2D eigenvalue weighted by Crippen LogP contribution is 2.47. The number of aromatic nitrogens is 1. The van der Waals surface area contributed by atoms with Crippen LogP contribution in [0.2, 0.25) is 0 Å². The molecule has 8 nitrogen and oxygen atoms in total. The number of nitrogens with one attached hydrogen (secondary N) is 2.